The van der Waals surface area contributed by atoms with Crippen LogP contribution < -0.4 is 5.73 Å². The van der Waals surface area contributed by atoms with Crippen LogP contribution in [0.4, 0.5) is 5.95 Å². The summed E-state index contributed by atoms with van der Waals surface area (Å²) in [5.41, 5.74) is 6.33. The Balaban J connectivity index is 2.43. The van der Waals surface area contributed by atoms with E-state index >= 15 is 0 Å². The first-order chi connectivity index (χ1) is 5.75. The van der Waals surface area contributed by atoms with E-state index in [-0.39, 0.29) is 0 Å². The minimum absolute atomic E-state index is 0.318. The zero-order valence-corrected chi connectivity index (χ0v) is 7.25. The molecule has 2 aromatic heterocycles. The fourth-order valence-corrected chi connectivity index (χ4v) is 1.45. The normalized spacial score (nSPS) is 10.4. The van der Waals surface area contributed by atoms with Crippen LogP contribution in [-0.2, 0) is 7.05 Å². The molecule has 12 heavy (non-hydrogen) atoms. The van der Waals surface area contributed by atoms with Crippen LogP contribution in [-0.4, -0.2) is 19.1 Å². The van der Waals surface area contributed by atoms with Gasteiger partial charge in [-0.05, 0) is 11.5 Å². The zero-order valence-electron chi connectivity index (χ0n) is 6.43. The summed E-state index contributed by atoms with van der Waals surface area (Å²) in [5.74, 6) is 0.318. The van der Waals surface area contributed by atoms with E-state index in [4.69, 9.17) is 5.73 Å². The maximum Gasteiger partial charge on any atom is 0.232 e. The van der Waals surface area contributed by atoms with Crippen LogP contribution in [0.15, 0.2) is 12.4 Å². The van der Waals surface area contributed by atoms with Crippen molar-refractivity contribution in [1.29, 1.82) is 0 Å². The maximum atomic E-state index is 5.38. The highest BCUT2D eigenvalue weighted by atomic mass is 32.1. The summed E-state index contributed by atoms with van der Waals surface area (Å²) in [5, 5.41) is 4.82. The Morgan fingerprint density at radius 3 is 2.92 bits per heavy atom. The highest BCUT2D eigenvalue weighted by molar-refractivity contribution is 7.09. The standard InChI is InChI=1S/C6H7N5S/c1-11-3-4(2-8-11)5-9-6(7)10-12-5/h2-3H,1H3,(H2,7,10). The van der Waals surface area contributed by atoms with Gasteiger partial charge >= 0.3 is 0 Å². The second-order valence-corrected chi connectivity index (χ2v) is 3.11. The molecule has 0 fully saturated rings. The lowest BCUT2D eigenvalue weighted by molar-refractivity contribution is 0.768. The molecule has 0 saturated carbocycles. The summed E-state index contributed by atoms with van der Waals surface area (Å²) >= 11 is 1.28. The van der Waals surface area contributed by atoms with Crippen molar-refractivity contribution >= 4 is 17.5 Å². The lowest BCUT2D eigenvalue weighted by Crippen LogP contribution is -1.85. The molecule has 6 heteroatoms. The van der Waals surface area contributed by atoms with Crippen molar-refractivity contribution < 1.29 is 0 Å². The Labute approximate surface area is 73.0 Å². The minimum Gasteiger partial charge on any atom is -0.367 e. The van der Waals surface area contributed by atoms with Gasteiger partial charge in [0.05, 0.1) is 11.8 Å². The highest BCUT2D eigenvalue weighted by Gasteiger charge is 2.05. The number of hydrogen-bond acceptors (Lipinski definition) is 5. The molecule has 2 heterocycles. The molecule has 0 saturated heterocycles. The van der Waals surface area contributed by atoms with Gasteiger partial charge in [0.2, 0.25) is 5.95 Å². The third-order valence-corrected chi connectivity index (χ3v) is 2.17. The number of aromatic nitrogens is 4. The molecule has 0 aliphatic rings. The summed E-state index contributed by atoms with van der Waals surface area (Å²) in [6, 6.07) is 0. The van der Waals surface area contributed by atoms with E-state index in [0.717, 1.165) is 10.6 Å². The number of rotatable bonds is 1. The first kappa shape index (κ1) is 7.23. The smallest absolute Gasteiger partial charge is 0.232 e. The topological polar surface area (TPSA) is 69.6 Å². The molecule has 0 spiro atoms. The predicted octanol–water partition coefficient (Wildman–Crippen LogP) is 0.521. The molecule has 0 bridgehead atoms. The van der Waals surface area contributed by atoms with Gasteiger partial charge in [-0.1, -0.05) is 0 Å². The van der Waals surface area contributed by atoms with Crippen LogP contribution in [0, 0.1) is 0 Å². The van der Waals surface area contributed by atoms with Crippen LogP contribution in [0.3, 0.4) is 0 Å². The number of hydrogen-bond donors (Lipinski definition) is 1. The summed E-state index contributed by atoms with van der Waals surface area (Å²) in [6.45, 7) is 0. The molecule has 2 aromatic rings. The maximum absolute atomic E-state index is 5.38. The van der Waals surface area contributed by atoms with Gasteiger partial charge in [-0.2, -0.15) is 14.5 Å². The van der Waals surface area contributed by atoms with E-state index in [1.807, 2.05) is 13.2 Å². The summed E-state index contributed by atoms with van der Waals surface area (Å²) < 4.78 is 5.59. The monoisotopic (exact) mass is 181 g/mol. The van der Waals surface area contributed by atoms with Crippen molar-refractivity contribution in [2.45, 2.75) is 0 Å². The van der Waals surface area contributed by atoms with E-state index in [9.17, 15) is 0 Å². The molecule has 0 amide bonds. The quantitative estimate of drug-likeness (QED) is 0.696. The second-order valence-electron chi connectivity index (χ2n) is 2.36. The van der Waals surface area contributed by atoms with Crippen LogP contribution in [0.25, 0.3) is 10.6 Å². The van der Waals surface area contributed by atoms with Gasteiger partial charge < -0.3 is 5.73 Å². The molecular formula is C6H7N5S. The van der Waals surface area contributed by atoms with Gasteiger partial charge in [0, 0.05) is 13.2 Å². The Morgan fingerprint density at radius 1 is 1.58 bits per heavy atom. The van der Waals surface area contributed by atoms with E-state index in [0.29, 0.717) is 5.95 Å². The SMILES string of the molecule is Cn1cc(-c2nc(N)ns2)cn1. The molecule has 2 rings (SSSR count). The Hall–Kier alpha value is -1.43. The predicted molar refractivity (Wildman–Crippen MR) is 46.5 cm³/mol. The second kappa shape index (κ2) is 2.56. The summed E-state index contributed by atoms with van der Waals surface area (Å²) in [7, 11) is 1.86. The molecule has 0 radical (unpaired) electrons. The molecule has 2 N–H and O–H groups in total. The molecule has 0 unspecified atom stereocenters. The molecule has 0 atom stereocenters. The third-order valence-electron chi connectivity index (χ3n) is 1.39. The molecule has 0 aliphatic heterocycles. The van der Waals surface area contributed by atoms with E-state index in [2.05, 4.69) is 14.5 Å². The Morgan fingerprint density at radius 2 is 2.42 bits per heavy atom. The van der Waals surface area contributed by atoms with E-state index in [1.54, 1.807) is 10.9 Å². The molecule has 5 nitrogen and oxygen atoms in total. The average molecular weight is 181 g/mol. The molecule has 62 valence electrons. The number of anilines is 1. The highest BCUT2D eigenvalue weighted by Crippen LogP contribution is 2.20. The van der Waals surface area contributed by atoms with Crippen molar-refractivity contribution in [1.82, 2.24) is 19.1 Å². The fourth-order valence-electron chi connectivity index (χ4n) is 0.884. The van der Waals surface area contributed by atoms with Gasteiger partial charge in [0.25, 0.3) is 0 Å². The molecular weight excluding hydrogens is 174 g/mol. The number of aryl methyl sites for hydroxylation is 1. The summed E-state index contributed by atoms with van der Waals surface area (Å²) in [6.07, 6.45) is 3.61. The number of nitrogens with two attached hydrogens (primary N) is 1. The average Bonchev–Trinajstić information content (AvgIpc) is 2.58. The molecule has 0 aromatic carbocycles. The van der Waals surface area contributed by atoms with Crippen LogP contribution in [0.5, 0.6) is 0 Å². The lowest BCUT2D eigenvalue weighted by atomic mass is 10.4. The van der Waals surface area contributed by atoms with Crippen molar-refractivity contribution in [2.75, 3.05) is 5.73 Å². The van der Waals surface area contributed by atoms with Crippen molar-refractivity contribution in [3.8, 4) is 10.6 Å². The van der Waals surface area contributed by atoms with Crippen molar-refractivity contribution in [3.05, 3.63) is 12.4 Å². The van der Waals surface area contributed by atoms with Crippen molar-refractivity contribution in [3.63, 3.8) is 0 Å². The van der Waals surface area contributed by atoms with Gasteiger partial charge in [-0.25, -0.2) is 0 Å². The Kier molecular flexibility index (Phi) is 1.54. The van der Waals surface area contributed by atoms with Gasteiger partial charge in [-0.15, -0.1) is 0 Å². The first-order valence-electron chi connectivity index (χ1n) is 3.34. The molecule has 0 aliphatic carbocycles. The first-order valence-corrected chi connectivity index (χ1v) is 4.11. The number of nitrogen functional groups attached to an aromatic ring is 1. The van der Waals surface area contributed by atoms with Gasteiger partial charge in [0.1, 0.15) is 5.01 Å². The minimum atomic E-state index is 0.318. The number of nitrogens with zero attached hydrogens (tertiary/aromatic N) is 4. The lowest BCUT2D eigenvalue weighted by Gasteiger charge is -1.83. The third kappa shape index (κ3) is 1.16. The largest absolute Gasteiger partial charge is 0.367 e. The zero-order chi connectivity index (χ0) is 8.55. The van der Waals surface area contributed by atoms with Crippen LogP contribution >= 0.6 is 11.5 Å². The van der Waals surface area contributed by atoms with Crippen LogP contribution in [0.2, 0.25) is 0 Å². The van der Waals surface area contributed by atoms with E-state index in [1.165, 1.54) is 11.5 Å². The van der Waals surface area contributed by atoms with Gasteiger partial charge in [-0.3, -0.25) is 4.68 Å². The van der Waals surface area contributed by atoms with E-state index < -0.39 is 0 Å². The summed E-state index contributed by atoms with van der Waals surface area (Å²) in [4.78, 5) is 4.03. The van der Waals surface area contributed by atoms with Gasteiger partial charge in [0.15, 0.2) is 0 Å². The van der Waals surface area contributed by atoms with Crippen molar-refractivity contribution in [2.24, 2.45) is 7.05 Å². The fraction of sp³-hybridized carbons (Fsp3) is 0.167. The Bertz CT molecular complexity index is 352. The van der Waals surface area contributed by atoms with Crippen LogP contribution in [0.1, 0.15) is 0 Å².